The molecule has 0 saturated heterocycles. The number of methoxy groups -OCH3 is 2. The molecule has 0 N–H and O–H groups in total. The third kappa shape index (κ3) is 3.19. The molecule has 4 aromatic carbocycles. The number of ether oxygens (including phenoxy) is 2. The van der Waals surface area contributed by atoms with Gasteiger partial charge in [-0.2, -0.15) is 0 Å². The predicted octanol–water partition coefficient (Wildman–Crippen LogP) is 8.02. The Morgan fingerprint density at radius 3 is 2.09 bits per heavy atom. The number of rotatable bonds is 2. The van der Waals surface area contributed by atoms with Crippen LogP contribution in [-0.4, -0.2) is 20.0 Å². The van der Waals surface area contributed by atoms with E-state index in [2.05, 4.69) is 79.7 Å². The van der Waals surface area contributed by atoms with Crippen molar-refractivity contribution in [2.45, 2.75) is 21.6 Å². The third-order valence-corrected chi connectivity index (χ3v) is 9.12. The van der Waals surface area contributed by atoms with Gasteiger partial charge in [0.2, 0.25) is 0 Å². The van der Waals surface area contributed by atoms with Gasteiger partial charge in [-0.1, -0.05) is 73.3 Å². The molecule has 0 spiro atoms. The lowest BCUT2D eigenvalue weighted by Crippen LogP contribution is -2.14. The largest absolute Gasteiger partial charge is 0.496 e. The van der Waals surface area contributed by atoms with Crippen LogP contribution in [0.15, 0.2) is 87.5 Å². The van der Waals surface area contributed by atoms with E-state index in [-0.39, 0.29) is 0 Å². The highest BCUT2D eigenvalue weighted by Gasteiger charge is 2.33. The molecule has 6 rings (SSSR count). The monoisotopic (exact) mass is 468 g/mol. The van der Waals surface area contributed by atoms with Crippen LogP contribution in [0, 0.1) is 5.92 Å². The van der Waals surface area contributed by atoms with Gasteiger partial charge in [-0.15, -0.1) is 11.8 Å². The Morgan fingerprint density at radius 1 is 0.758 bits per heavy atom. The van der Waals surface area contributed by atoms with E-state index in [0.29, 0.717) is 5.92 Å². The van der Waals surface area contributed by atoms with E-state index in [1.807, 2.05) is 11.8 Å². The Kier molecular flexibility index (Phi) is 5.16. The normalized spacial score (nSPS) is 16.8. The van der Waals surface area contributed by atoms with E-state index < -0.39 is 0 Å². The van der Waals surface area contributed by atoms with Gasteiger partial charge < -0.3 is 9.47 Å². The van der Waals surface area contributed by atoms with E-state index in [4.69, 9.17) is 9.47 Å². The van der Waals surface area contributed by atoms with Crippen molar-refractivity contribution in [3.63, 3.8) is 0 Å². The van der Waals surface area contributed by atoms with Crippen LogP contribution >= 0.6 is 23.5 Å². The zero-order chi connectivity index (χ0) is 22.5. The first-order chi connectivity index (χ1) is 16.2. The summed E-state index contributed by atoms with van der Waals surface area (Å²) < 4.78 is 11.6. The first-order valence-corrected chi connectivity index (χ1v) is 12.9. The second-order valence-electron chi connectivity index (χ2n) is 8.44. The third-order valence-electron chi connectivity index (χ3n) is 6.55. The van der Waals surface area contributed by atoms with Gasteiger partial charge in [-0.25, -0.2) is 0 Å². The second kappa shape index (κ2) is 8.19. The molecule has 0 bridgehead atoms. The SMILES string of the molecule is COc1cccc2c1Sc1c(OC)cccc1C2=C1c2c(ccc3ccccc23)SC[C@@H]1C. The van der Waals surface area contributed by atoms with Gasteiger partial charge >= 0.3 is 0 Å². The molecule has 0 aromatic heterocycles. The van der Waals surface area contributed by atoms with Crippen molar-refractivity contribution in [1.29, 1.82) is 0 Å². The number of benzene rings is 4. The number of hydrogen-bond donors (Lipinski definition) is 0. The maximum absolute atomic E-state index is 5.82. The standard InChI is InChI=1S/C29H24O2S2/c1-17-16-32-24-15-14-18-8-4-5-9-19(18)27(24)25(17)26-20-10-6-12-22(30-2)28(20)33-29-21(26)11-7-13-23(29)31-3/h4-15,17H,16H2,1-3H3/t17-/m0/s1. The molecule has 164 valence electrons. The Morgan fingerprint density at radius 2 is 1.42 bits per heavy atom. The molecular weight excluding hydrogens is 444 g/mol. The predicted molar refractivity (Wildman–Crippen MR) is 140 cm³/mol. The van der Waals surface area contributed by atoms with E-state index in [0.717, 1.165) is 27.0 Å². The summed E-state index contributed by atoms with van der Waals surface area (Å²) in [5.74, 6) is 3.28. The van der Waals surface area contributed by atoms with Crippen LogP contribution in [0.5, 0.6) is 11.5 Å². The van der Waals surface area contributed by atoms with Gasteiger partial charge in [0.05, 0.1) is 24.0 Å². The molecule has 2 nitrogen and oxygen atoms in total. The quantitative estimate of drug-likeness (QED) is 0.261. The van der Waals surface area contributed by atoms with Crippen molar-refractivity contribution in [2.24, 2.45) is 5.92 Å². The van der Waals surface area contributed by atoms with Gasteiger partial charge in [-0.05, 0) is 51.6 Å². The molecular formula is C29H24O2S2. The zero-order valence-electron chi connectivity index (χ0n) is 18.8. The molecule has 2 aliphatic rings. The Bertz CT molecular complexity index is 1380. The lowest BCUT2D eigenvalue weighted by Gasteiger charge is -2.33. The topological polar surface area (TPSA) is 18.5 Å². The molecule has 0 radical (unpaired) electrons. The van der Waals surface area contributed by atoms with E-state index in [1.54, 1.807) is 26.0 Å². The lowest BCUT2D eigenvalue weighted by atomic mass is 9.81. The number of allylic oxidation sites excluding steroid dienone is 1. The summed E-state index contributed by atoms with van der Waals surface area (Å²) in [6.45, 7) is 2.36. The molecule has 0 fully saturated rings. The number of thioether (sulfide) groups is 1. The highest BCUT2D eigenvalue weighted by atomic mass is 32.2. The molecule has 33 heavy (non-hydrogen) atoms. The maximum Gasteiger partial charge on any atom is 0.133 e. The van der Waals surface area contributed by atoms with Gasteiger partial charge in [0.1, 0.15) is 11.5 Å². The summed E-state index contributed by atoms with van der Waals surface area (Å²) in [6.07, 6.45) is 0. The van der Waals surface area contributed by atoms with Crippen molar-refractivity contribution < 1.29 is 9.47 Å². The second-order valence-corrected chi connectivity index (χ2v) is 10.5. The zero-order valence-corrected chi connectivity index (χ0v) is 20.5. The summed E-state index contributed by atoms with van der Waals surface area (Å²) in [4.78, 5) is 3.68. The maximum atomic E-state index is 5.82. The van der Waals surface area contributed by atoms with Crippen molar-refractivity contribution in [2.75, 3.05) is 20.0 Å². The van der Waals surface area contributed by atoms with Crippen molar-refractivity contribution >= 4 is 45.4 Å². The van der Waals surface area contributed by atoms with Crippen LogP contribution in [-0.2, 0) is 0 Å². The van der Waals surface area contributed by atoms with Crippen molar-refractivity contribution in [1.82, 2.24) is 0 Å². The van der Waals surface area contributed by atoms with Crippen molar-refractivity contribution in [3.05, 3.63) is 89.5 Å². The fourth-order valence-electron chi connectivity index (χ4n) is 5.06. The van der Waals surface area contributed by atoms with E-state index >= 15 is 0 Å². The van der Waals surface area contributed by atoms with Crippen LogP contribution in [0.3, 0.4) is 0 Å². The van der Waals surface area contributed by atoms with Gasteiger partial charge in [0, 0.05) is 21.8 Å². The molecule has 2 aliphatic heterocycles. The van der Waals surface area contributed by atoms with Crippen LogP contribution in [0.2, 0.25) is 0 Å². The van der Waals surface area contributed by atoms with Gasteiger partial charge in [0.25, 0.3) is 0 Å². The molecule has 2 heterocycles. The van der Waals surface area contributed by atoms with Gasteiger partial charge in [0.15, 0.2) is 0 Å². The first kappa shape index (κ1) is 20.8. The Balaban J connectivity index is 1.79. The Labute approximate surface area is 203 Å². The highest BCUT2D eigenvalue weighted by molar-refractivity contribution is 8.00. The van der Waals surface area contributed by atoms with E-state index in [9.17, 15) is 0 Å². The van der Waals surface area contributed by atoms with Crippen LogP contribution < -0.4 is 9.47 Å². The summed E-state index contributed by atoms with van der Waals surface area (Å²) in [6, 6.07) is 26.1. The minimum absolute atomic E-state index is 0.407. The highest BCUT2D eigenvalue weighted by Crippen LogP contribution is 2.56. The Hall–Kier alpha value is -2.82. The van der Waals surface area contributed by atoms with Crippen LogP contribution in [0.1, 0.15) is 23.6 Å². The van der Waals surface area contributed by atoms with E-state index in [1.165, 1.54) is 43.5 Å². The summed E-state index contributed by atoms with van der Waals surface area (Å²) in [5, 5.41) is 2.61. The minimum atomic E-state index is 0.407. The smallest absolute Gasteiger partial charge is 0.133 e. The fourth-order valence-corrected chi connectivity index (χ4v) is 7.45. The van der Waals surface area contributed by atoms with Crippen LogP contribution in [0.25, 0.3) is 21.9 Å². The number of hydrogen-bond acceptors (Lipinski definition) is 4. The summed E-state index contributed by atoms with van der Waals surface area (Å²) in [7, 11) is 3.51. The van der Waals surface area contributed by atoms with Gasteiger partial charge in [-0.3, -0.25) is 0 Å². The minimum Gasteiger partial charge on any atom is -0.496 e. The van der Waals surface area contributed by atoms with Crippen LogP contribution in [0.4, 0.5) is 0 Å². The molecule has 0 unspecified atom stereocenters. The molecule has 0 saturated carbocycles. The first-order valence-electron chi connectivity index (χ1n) is 11.1. The molecule has 0 amide bonds. The summed E-state index contributed by atoms with van der Waals surface area (Å²) in [5.41, 5.74) is 6.59. The molecule has 1 atom stereocenters. The lowest BCUT2D eigenvalue weighted by molar-refractivity contribution is 0.401. The number of fused-ring (bicyclic) bond motifs is 5. The average molecular weight is 469 g/mol. The molecule has 0 aliphatic carbocycles. The fraction of sp³-hybridized carbons (Fsp3) is 0.172. The summed E-state index contributed by atoms with van der Waals surface area (Å²) >= 11 is 3.72. The average Bonchev–Trinajstić information content (AvgIpc) is 2.86. The molecule has 4 aromatic rings. The molecule has 4 heteroatoms. The van der Waals surface area contributed by atoms with Crippen molar-refractivity contribution in [3.8, 4) is 11.5 Å².